The van der Waals surface area contributed by atoms with E-state index in [1.54, 1.807) is 35.3 Å². The molecule has 0 saturated carbocycles. The van der Waals surface area contributed by atoms with E-state index in [-0.39, 0.29) is 12.7 Å². The molecule has 10 nitrogen and oxygen atoms in total. The van der Waals surface area contributed by atoms with Crippen LogP contribution in [-0.4, -0.2) is 62.2 Å². The highest BCUT2D eigenvalue weighted by molar-refractivity contribution is 6.32. The molecule has 33 heavy (non-hydrogen) atoms. The molecule has 0 bridgehead atoms. The number of hydrogen-bond acceptors (Lipinski definition) is 9. The van der Waals surface area contributed by atoms with Gasteiger partial charge in [0.25, 0.3) is 0 Å². The summed E-state index contributed by atoms with van der Waals surface area (Å²) in [7, 11) is 0. The number of aliphatic hydroxyl groups excluding tert-OH is 1. The Morgan fingerprint density at radius 3 is 2.94 bits per heavy atom. The number of anilines is 3. The number of ether oxygens (including phenoxy) is 1. The van der Waals surface area contributed by atoms with Gasteiger partial charge >= 0.3 is 0 Å². The van der Waals surface area contributed by atoms with E-state index in [9.17, 15) is 10.4 Å². The van der Waals surface area contributed by atoms with E-state index < -0.39 is 0 Å². The Bertz CT molecular complexity index is 1350. The van der Waals surface area contributed by atoms with Crippen molar-refractivity contribution >= 4 is 40.0 Å². The molecule has 4 aromatic rings. The number of rotatable bonds is 5. The summed E-state index contributed by atoms with van der Waals surface area (Å²) in [4.78, 5) is 15.2. The Kier molecular flexibility index (Phi) is 5.75. The van der Waals surface area contributed by atoms with E-state index in [2.05, 4.69) is 31.4 Å². The Balaban J connectivity index is 1.46. The van der Waals surface area contributed by atoms with E-state index in [0.29, 0.717) is 47.6 Å². The van der Waals surface area contributed by atoms with Crippen LogP contribution in [0.1, 0.15) is 5.56 Å². The summed E-state index contributed by atoms with van der Waals surface area (Å²) in [6.45, 7) is 1.71. The summed E-state index contributed by atoms with van der Waals surface area (Å²) in [5, 5.41) is 27.8. The van der Waals surface area contributed by atoms with Crippen molar-refractivity contribution in [1.29, 1.82) is 5.26 Å². The Labute approximate surface area is 194 Å². The number of para-hydroxylation sites is 1. The number of halogens is 1. The van der Waals surface area contributed by atoms with Crippen LogP contribution in [-0.2, 0) is 4.74 Å². The van der Waals surface area contributed by atoms with Gasteiger partial charge in [-0.1, -0.05) is 17.7 Å². The minimum atomic E-state index is -0.238. The number of hydrogen-bond donors (Lipinski definition) is 2. The molecule has 1 aliphatic rings. The highest BCUT2D eigenvalue weighted by atomic mass is 35.5. The fraction of sp³-hybridized carbons (Fsp3) is 0.227. The van der Waals surface area contributed by atoms with Gasteiger partial charge in [0.2, 0.25) is 0 Å². The Morgan fingerprint density at radius 1 is 1.21 bits per heavy atom. The summed E-state index contributed by atoms with van der Waals surface area (Å²) in [6, 6.07) is 11.0. The maximum absolute atomic E-state index is 9.51. The fourth-order valence-electron chi connectivity index (χ4n) is 3.75. The van der Waals surface area contributed by atoms with Crippen molar-refractivity contribution in [3.05, 3.63) is 59.6 Å². The molecule has 1 aliphatic heterocycles. The molecule has 0 spiro atoms. The van der Waals surface area contributed by atoms with Crippen molar-refractivity contribution in [2.75, 3.05) is 36.5 Å². The number of nitrogens with one attached hydrogen (secondary N) is 1. The van der Waals surface area contributed by atoms with Gasteiger partial charge in [-0.05, 0) is 12.1 Å². The summed E-state index contributed by atoms with van der Waals surface area (Å²) in [5.41, 5.74) is 1.68. The van der Waals surface area contributed by atoms with Gasteiger partial charge in [-0.3, -0.25) is 0 Å². The van der Waals surface area contributed by atoms with Gasteiger partial charge in [-0.25, -0.2) is 19.6 Å². The van der Waals surface area contributed by atoms with Crippen molar-refractivity contribution in [2.24, 2.45) is 0 Å². The Morgan fingerprint density at radius 2 is 2.09 bits per heavy atom. The zero-order valence-corrected chi connectivity index (χ0v) is 18.1. The molecule has 1 fully saturated rings. The van der Waals surface area contributed by atoms with Gasteiger partial charge in [0.15, 0.2) is 0 Å². The summed E-state index contributed by atoms with van der Waals surface area (Å²) in [5.74, 6) is 1.85. The average Bonchev–Trinajstić information content (AvgIpc) is 3.27. The molecule has 3 aromatic heterocycles. The van der Waals surface area contributed by atoms with Gasteiger partial charge in [0.05, 0.1) is 41.6 Å². The monoisotopic (exact) mass is 462 g/mol. The van der Waals surface area contributed by atoms with Crippen LogP contribution < -0.4 is 10.2 Å². The molecule has 11 heteroatoms. The van der Waals surface area contributed by atoms with Crippen LogP contribution in [0.15, 0.2) is 49.1 Å². The number of benzene rings is 1. The van der Waals surface area contributed by atoms with E-state index >= 15 is 0 Å². The smallest absolute Gasteiger partial charge is 0.137 e. The van der Waals surface area contributed by atoms with Crippen molar-refractivity contribution in [3.8, 4) is 11.8 Å². The number of pyridine rings is 1. The van der Waals surface area contributed by atoms with Crippen molar-refractivity contribution < 1.29 is 9.84 Å². The first-order valence-corrected chi connectivity index (χ1v) is 10.6. The van der Waals surface area contributed by atoms with Crippen LogP contribution in [0.2, 0.25) is 5.02 Å². The Hall–Kier alpha value is -3.78. The SMILES string of the molecule is N#Cc1cccc(Cl)c1-n1ncc2cnc(Nc3cc(N4CCOC(CO)C4)ncn3)cc21. The molecule has 2 N–H and O–H groups in total. The normalized spacial score (nSPS) is 16.0. The first-order valence-electron chi connectivity index (χ1n) is 10.3. The van der Waals surface area contributed by atoms with Crippen LogP contribution >= 0.6 is 11.6 Å². The molecule has 1 aromatic carbocycles. The summed E-state index contributed by atoms with van der Waals surface area (Å²) in [6.07, 6.45) is 4.61. The minimum Gasteiger partial charge on any atom is -0.394 e. The lowest BCUT2D eigenvalue weighted by Gasteiger charge is -2.32. The van der Waals surface area contributed by atoms with Gasteiger partial charge in [-0.15, -0.1) is 0 Å². The minimum absolute atomic E-state index is 0.0384. The number of aliphatic hydroxyl groups is 1. The van der Waals surface area contributed by atoms with E-state index in [0.717, 1.165) is 16.7 Å². The number of morpholine rings is 1. The number of nitrogens with zero attached hydrogens (tertiary/aromatic N) is 7. The number of aromatic nitrogens is 5. The largest absolute Gasteiger partial charge is 0.394 e. The van der Waals surface area contributed by atoms with Crippen LogP contribution in [0.25, 0.3) is 16.6 Å². The first-order chi connectivity index (χ1) is 16.2. The van der Waals surface area contributed by atoms with E-state index in [4.69, 9.17) is 16.3 Å². The van der Waals surface area contributed by atoms with Crippen LogP contribution in [0.3, 0.4) is 0 Å². The third kappa shape index (κ3) is 4.17. The fourth-order valence-corrected chi connectivity index (χ4v) is 4.00. The van der Waals surface area contributed by atoms with Gasteiger partial charge in [0, 0.05) is 36.8 Å². The molecule has 1 saturated heterocycles. The maximum atomic E-state index is 9.51. The summed E-state index contributed by atoms with van der Waals surface area (Å²) < 4.78 is 7.15. The van der Waals surface area contributed by atoms with Gasteiger partial charge in [-0.2, -0.15) is 10.4 Å². The zero-order chi connectivity index (χ0) is 22.8. The van der Waals surface area contributed by atoms with Crippen LogP contribution in [0.4, 0.5) is 17.5 Å². The lowest BCUT2D eigenvalue weighted by molar-refractivity contribution is 0.00336. The van der Waals surface area contributed by atoms with Gasteiger partial charge < -0.3 is 20.1 Å². The number of nitriles is 1. The maximum Gasteiger partial charge on any atom is 0.137 e. The predicted molar refractivity (Wildman–Crippen MR) is 123 cm³/mol. The molecular formula is C22H19ClN8O2. The van der Waals surface area contributed by atoms with Crippen molar-refractivity contribution in [2.45, 2.75) is 6.10 Å². The third-order valence-corrected chi connectivity index (χ3v) is 5.65. The lowest BCUT2D eigenvalue weighted by atomic mass is 10.2. The quantitative estimate of drug-likeness (QED) is 0.460. The molecular weight excluding hydrogens is 444 g/mol. The van der Waals surface area contributed by atoms with Crippen LogP contribution in [0.5, 0.6) is 0 Å². The second kappa shape index (κ2) is 8.99. The van der Waals surface area contributed by atoms with Gasteiger partial charge in [0.1, 0.15) is 35.5 Å². The molecule has 5 rings (SSSR count). The molecule has 1 atom stereocenters. The zero-order valence-electron chi connectivity index (χ0n) is 17.4. The topological polar surface area (TPSA) is 125 Å². The summed E-state index contributed by atoms with van der Waals surface area (Å²) >= 11 is 6.39. The molecule has 4 heterocycles. The lowest BCUT2D eigenvalue weighted by Crippen LogP contribution is -2.44. The van der Waals surface area contributed by atoms with Crippen molar-refractivity contribution in [3.63, 3.8) is 0 Å². The molecule has 1 unspecified atom stereocenters. The second-order valence-electron chi connectivity index (χ2n) is 7.44. The second-order valence-corrected chi connectivity index (χ2v) is 7.85. The standard InChI is InChI=1S/C22H19ClN8O2/c23-17-3-1-2-14(8-24)22(17)31-18-6-19(25-9-15(18)10-28-31)29-20-7-21(27-13-26-20)30-4-5-33-16(11-30)12-32/h1-3,6-7,9-10,13,16,32H,4-5,11-12H2,(H,25,26,27,29). The first kappa shape index (κ1) is 21.1. The van der Waals surface area contributed by atoms with E-state index in [1.807, 2.05) is 17.0 Å². The highest BCUT2D eigenvalue weighted by Crippen LogP contribution is 2.28. The molecule has 0 radical (unpaired) electrons. The molecule has 166 valence electrons. The van der Waals surface area contributed by atoms with Crippen molar-refractivity contribution in [1.82, 2.24) is 24.7 Å². The molecule has 0 amide bonds. The molecule has 0 aliphatic carbocycles. The predicted octanol–water partition coefficient (Wildman–Crippen LogP) is 2.68. The third-order valence-electron chi connectivity index (χ3n) is 5.35. The van der Waals surface area contributed by atoms with E-state index in [1.165, 1.54) is 6.33 Å². The number of fused-ring (bicyclic) bond motifs is 1. The highest BCUT2D eigenvalue weighted by Gasteiger charge is 2.21. The average molecular weight is 463 g/mol. The van der Waals surface area contributed by atoms with Crippen LogP contribution in [0, 0.1) is 11.3 Å².